The number of ether oxygens (including phenoxy) is 3. The summed E-state index contributed by atoms with van der Waals surface area (Å²) in [6.07, 6.45) is 0.548. The number of carbonyl (C=O) groups excluding carboxylic acids is 3. The van der Waals surface area contributed by atoms with Crippen LogP contribution in [-0.2, 0) is 4.74 Å². The molecule has 0 bridgehead atoms. The molecule has 0 atom stereocenters. The van der Waals surface area contributed by atoms with Gasteiger partial charge in [-0.1, -0.05) is 12.1 Å². The van der Waals surface area contributed by atoms with E-state index in [-0.39, 0.29) is 24.5 Å². The minimum absolute atomic E-state index is 0.0122. The van der Waals surface area contributed by atoms with Crippen LogP contribution in [0.5, 0.6) is 11.5 Å². The van der Waals surface area contributed by atoms with Crippen LogP contribution in [0.4, 0.5) is 4.79 Å². The van der Waals surface area contributed by atoms with E-state index >= 15 is 0 Å². The van der Waals surface area contributed by atoms with Gasteiger partial charge in [0.25, 0.3) is 11.8 Å². The maximum absolute atomic E-state index is 12.8. The van der Waals surface area contributed by atoms with Gasteiger partial charge in [-0.25, -0.2) is 4.79 Å². The lowest BCUT2D eigenvalue weighted by molar-refractivity contribution is 0.0698. The van der Waals surface area contributed by atoms with Gasteiger partial charge in [0, 0.05) is 24.7 Å². The molecule has 0 spiro atoms. The Morgan fingerprint density at radius 3 is 2.35 bits per heavy atom. The summed E-state index contributed by atoms with van der Waals surface area (Å²) in [4.78, 5) is 38.4. The lowest BCUT2D eigenvalue weighted by Crippen LogP contribution is -2.46. The zero-order valence-corrected chi connectivity index (χ0v) is 17.6. The Morgan fingerprint density at radius 1 is 1.03 bits per heavy atom. The van der Waals surface area contributed by atoms with Crippen LogP contribution in [0.25, 0.3) is 0 Å². The molecule has 1 N–H and O–H groups in total. The van der Waals surface area contributed by atoms with Gasteiger partial charge in [-0.3, -0.25) is 9.59 Å². The second kappa shape index (κ2) is 10.5. The standard InChI is InChI=1S/C23H26N2O6/c1-3-30-23(28)31-18-10-8-16(9-11-18)22(27)25-14-12-17(13-15-25)24-21(26)19-6-4-5-7-20(19)29-2/h4-11,17H,3,12-15H2,1-2H3,(H,24,26). The maximum atomic E-state index is 12.8. The van der Waals surface area contributed by atoms with Crippen LogP contribution in [0.15, 0.2) is 48.5 Å². The number of amides is 2. The first-order chi connectivity index (χ1) is 15.0. The van der Waals surface area contributed by atoms with Crippen LogP contribution >= 0.6 is 0 Å². The second-order valence-electron chi connectivity index (χ2n) is 7.05. The SMILES string of the molecule is CCOC(=O)Oc1ccc(C(=O)N2CCC(NC(=O)c3ccccc3OC)CC2)cc1. The number of hydrogen-bond acceptors (Lipinski definition) is 6. The molecule has 8 heteroatoms. The van der Waals surface area contributed by atoms with Gasteiger partial charge in [-0.05, 0) is 56.2 Å². The number of methoxy groups -OCH3 is 1. The third-order valence-corrected chi connectivity index (χ3v) is 5.03. The molecule has 2 aromatic rings. The molecule has 1 saturated heterocycles. The molecule has 0 aromatic heterocycles. The monoisotopic (exact) mass is 426 g/mol. The van der Waals surface area contributed by atoms with Gasteiger partial charge < -0.3 is 24.4 Å². The summed E-state index contributed by atoms with van der Waals surface area (Å²) in [7, 11) is 1.53. The number of benzene rings is 2. The minimum Gasteiger partial charge on any atom is -0.496 e. The molecule has 2 amide bonds. The first-order valence-corrected chi connectivity index (χ1v) is 10.2. The molecule has 2 aromatic carbocycles. The zero-order valence-electron chi connectivity index (χ0n) is 17.6. The van der Waals surface area contributed by atoms with Gasteiger partial charge in [0.05, 0.1) is 19.3 Å². The van der Waals surface area contributed by atoms with Gasteiger partial charge in [0.15, 0.2) is 0 Å². The molecule has 0 radical (unpaired) electrons. The molecule has 1 heterocycles. The summed E-state index contributed by atoms with van der Waals surface area (Å²) in [6, 6.07) is 13.4. The van der Waals surface area contributed by atoms with E-state index in [9.17, 15) is 14.4 Å². The molecule has 31 heavy (non-hydrogen) atoms. The molecule has 0 saturated carbocycles. The topological polar surface area (TPSA) is 94.2 Å². The Labute approximate surface area is 181 Å². The summed E-state index contributed by atoms with van der Waals surface area (Å²) >= 11 is 0. The second-order valence-corrected chi connectivity index (χ2v) is 7.05. The predicted octanol–water partition coefficient (Wildman–Crippen LogP) is 3.27. The largest absolute Gasteiger partial charge is 0.513 e. The number of para-hydroxylation sites is 1. The molecule has 1 aliphatic rings. The Kier molecular flexibility index (Phi) is 7.48. The van der Waals surface area contributed by atoms with Crippen molar-refractivity contribution < 1.29 is 28.6 Å². The van der Waals surface area contributed by atoms with Crippen molar-refractivity contribution in [3.05, 3.63) is 59.7 Å². The number of rotatable bonds is 6. The van der Waals surface area contributed by atoms with Gasteiger partial charge in [0.1, 0.15) is 11.5 Å². The highest BCUT2D eigenvalue weighted by molar-refractivity contribution is 5.97. The van der Waals surface area contributed by atoms with Crippen molar-refractivity contribution in [3.63, 3.8) is 0 Å². The molecule has 164 valence electrons. The van der Waals surface area contributed by atoms with Crippen LogP contribution in [0.1, 0.15) is 40.5 Å². The first-order valence-electron chi connectivity index (χ1n) is 10.2. The third kappa shape index (κ3) is 5.75. The van der Waals surface area contributed by atoms with E-state index in [4.69, 9.17) is 14.2 Å². The lowest BCUT2D eigenvalue weighted by atomic mass is 10.0. The molecule has 8 nitrogen and oxygen atoms in total. The average molecular weight is 426 g/mol. The van der Waals surface area contributed by atoms with E-state index in [1.54, 1.807) is 54.3 Å². The van der Waals surface area contributed by atoms with Crippen LogP contribution in [0.3, 0.4) is 0 Å². The Bertz CT molecular complexity index is 920. The number of hydrogen-bond donors (Lipinski definition) is 1. The van der Waals surface area contributed by atoms with Crippen molar-refractivity contribution in [1.29, 1.82) is 0 Å². The predicted molar refractivity (Wildman–Crippen MR) is 113 cm³/mol. The van der Waals surface area contributed by atoms with Crippen molar-refractivity contribution >= 4 is 18.0 Å². The fraction of sp³-hybridized carbons (Fsp3) is 0.348. The zero-order chi connectivity index (χ0) is 22.2. The van der Waals surface area contributed by atoms with Crippen molar-refractivity contribution in [2.24, 2.45) is 0 Å². The van der Waals surface area contributed by atoms with E-state index in [0.717, 1.165) is 0 Å². The van der Waals surface area contributed by atoms with Crippen LogP contribution in [0, 0.1) is 0 Å². The summed E-state index contributed by atoms with van der Waals surface area (Å²) < 4.78 is 15.0. The highest BCUT2D eigenvalue weighted by Crippen LogP contribution is 2.20. The summed E-state index contributed by atoms with van der Waals surface area (Å²) in [5.41, 5.74) is 1.00. The van der Waals surface area contributed by atoms with E-state index < -0.39 is 6.16 Å². The minimum atomic E-state index is -0.779. The van der Waals surface area contributed by atoms with E-state index in [0.29, 0.717) is 48.6 Å². The number of carbonyl (C=O) groups is 3. The van der Waals surface area contributed by atoms with Crippen LogP contribution in [-0.4, -0.2) is 55.7 Å². The normalized spacial score (nSPS) is 13.9. The van der Waals surface area contributed by atoms with Crippen molar-refractivity contribution in [3.8, 4) is 11.5 Å². The highest BCUT2D eigenvalue weighted by atomic mass is 16.7. The van der Waals surface area contributed by atoms with E-state index in [1.807, 2.05) is 6.07 Å². The van der Waals surface area contributed by atoms with E-state index in [1.165, 1.54) is 7.11 Å². The third-order valence-electron chi connectivity index (χ3n) is 5.03. The van der Waals surface area contributed by atoms with Crippen molar-refractivity contribution in [1.82, 2.24) is 10.2 Å². The van der Waals surface area contributed by atoms with E-state index in [2.05, 4.69) is 5.32 Å². The Balaban J connectivity index is 1.51. The number of nitrogens with zero attached hydrogens (tertiary/aromatic N) is 1. The molecule has 1 fully saturated rings. The van der Waals surface area contributed by atoms with Gasteiger partial charge in [-0.15, -0.1) is 0 Å². The molecule has 0 aliphatic carbocycles. The van der Waals surface area contributed by atoms with Crippen LogP contribution in [0.2, 0.25) is 0 Å². The van der Waals surface area contributed by atoms with Crippen molar-refractivity contribution in [2.75, 3.05) is 26.8 Å². The summed E-state index contributed by atoms with van der Waals surface area (Å²) in [6.45, 7) is 2.99. The van der Waals surface area contributed by atoms with Gasteiger partial charge >= 0.3 is 6.16 Å². The highest BCUT2D eigenvalue weighted by Gasteiger charge is 2.25. The summed E-state index contributed by atoms with van der Waals surface area (Å²) in [5, 5.41) is 3.03. The number of piperidine rings is 1. The van der Waals surface area contributed by atoms with Crippen molar-refractivity contribution in [2.45, 2.75) is 25.8 Å². The molecule has 0 unspecified atom stereocenters. The smallest absolute Gasteiger partial charge is 0.496 e. The molecular formula is C23H26N2O6. The fourth-order valence-electron chi connectivity index (χ4n) is 3.41. The first kappa shape index (κ1) is 22.1. The molecular weight excluding hydrogens is 400 g/mol. The lowest BCUT2D eigenvalue weighted by Gasteiger charge is -2.32. The molecule has 1 aliphatic heterocycles. The Hall–Kier alpha value is -3.55. The maximum Gasteiger partial charge on any atom is 0.513 e. The Morgan fingerprint density at radius 2 is 1.71 bits per heavy atom. The van der Waals surface area contributed by atoms with Gasteiger partial charge in [0.2, 0.25) is 0 Å². The quantitative estimate of drug-likeness (QED) is 0.563. The summed E-state index contributed by atoms with van der Waals surface area (Å²) in [5.74, 6) is 0.562. The fourth-order valence-corrected chi connectivity index (χ4v) is 3.41. The van der Waals surface area contributed by atoms with Crippen LogP contribution < -0.4 is 14.8 Å². The van der Waals surface area contributed by atoms with Gasteiger partial charge in [-0.2, -0.15) is 0 Å². The number of likely N-dealkylation sites (tertiary alicyclic amines) is 1. The molecule has 3 rings (SSSR count). The average Bonchev–Trinajstić information content (AvgIpc) is 2.79. The number of nitrogens with one attached hydrogen (secondary N) is 1.